The van der Waals surface area contributed by atoms with Gasteiger partial charge in [0.1, 0.15) is 5.84 Å². The van der Waals surface area contributed by atoms with E-state index in [0.29, 0.717) is 0 Å². The first-order chi connectivity index (χ1) is 16.5. The molecule has 3 heterocycles. The summed E-state index contributed by atoms with van der Waals surface area (Å²) in [6.45, 7) is 9.30. The SMILES string of the molecule is Cc1ccc2c(c1)N(c1ccc(CC3=NCCN3)cc1)C(=O)N(C(C)C)N=C2C1CCOCC1. The van der Waals surface area contributed by atoms with Crippen LogP contribution in [0.2, 0.25) is 0 Å². The van der Waals surface area contributed by atoms with Crippen LogP contribution in [0.15, 0.2) is 52.6 Å². The highest BCUT2D eigenvalue weighted by atomic mass is 16.5. The Bertz CT molecular complexity index is 1120. The van der Waals surface area contributed by atoms with Crippen molar-refractivity contribution in [1.82, 2.24) is 10.3 Å². The van der Waals surface area contributed by atoms with E-state index in [1.807, 2.05) is 30.9 Å². The third kappa shape index (κ3) is 4.44. The number of hydrogen-bond acceptors (Lipinski definition) is 5. The lowest BCUT2D eigenvalue weighted by molar-refractivity contribution is 0.0824. The Morgan fingerprint density at radius 1 is 1.12 bits per heavy atom. The van der Waals surface area contributed by atoms with Crippen molar-refractivity contribution in [2.75, 3.05) is 31.2 Å². The number of aryl methyl sites for hydroxylation is 1. The van der Waals surface area contributed by atoms with Crippen LogP contribution in [0.4, 0.5) is 16.2 Å². The van der Waals surface area contributed by atoms with Gasteiger partial charge in [-0.1, -0.05) is 24.3 Å². The number of aliphatic imine (C=N–C) groups is 1. The number of anilines is 2. The van der Waals surface area contributed by atoms with Gasteiger partial charge in [0.15, 0.2) is 0 Å². The molecule has 0 unspecified atom stereocenters. The third-order valence-corrected chi connectivity index (χ3v) is 6.68. The van der Waals surface area contributed by atoms with Crippen LogP contribution in [-0.4, -0.2) is 54.9 Å². The van der Waals surface area contributed by atoms with Gasteiger partial charge in [-0.15, -0.1) is 0 Å². The molecule has 7 nitrogen and oxygen atoms in total. The first-order valence-corrected chi connectivity index (χ1v) is 12.3. The van der Waals surface area contributed by atoms with Crippen LogP contribution in [-0.2, 0) is 11.2 Å². The van der Waals surface area contributed by atoms with Crippen molar-refractivity contribution in [1.29, 1.82) is 0 Å². The molecule has 2 amide bonds. The van der Waals surface area contributed by atoms with Gasteiger partial charge in [-0.05, 0) is 62.9 Å². The van der Waals surface area contributed by atoms with Crippen LogP contribution in [0.1, 0.15) is 43.4 Å². The monoisotopic (exact) mass is 459 g/mol. The topological polar surface area (TPSA) is 69.5 Å². The number of carbonyl (C=O) groups is 1. The van der Waals surface area contributed by atoms with E-state index in [-0.39, 0.29) is 18.0 Å². The molecule has 3 aliphatic heterocycles. The summed E-state index contributed by atoms with van der Waals surface area (Å²) in [4.78, 5) is 20.3. The molecule has 7 heteroatoms. The lowest BCUT2D eigenvalue weighted by Gasteiger charge is -2.29. The molecule has 0 spiro atoms. The molecular weight excluding hydrogens is 426 g/mol. The molecule has 2 aromatic carbocycles. The zero-order valence-corrected chi connectivity index (χ0v) is 20.3. The van der Waals surface area contributed by atoms with Crippen molar-refractivity contribution in [3.8, 4) is 0 Å². The van der Waals surface area contributed by atoms with Crippen LogP contribution >= 0.6 is 0 Å². The fraction of sp³-hybridized carbons (Fsp3) is 0.444. The van der Waals surface area contributed by atoms with E-state index in [1.165, 1.54) is 5.56 Å². The van der Waals surface area contributed by atoms with Crippen LogP contribution in [0.3, 0.4) is 0 Å². The standard InChI is InChI=1S/C27H33N5O2/c1-18(2)32-27(33)31(22-7-5-20(6-8-22)17-25-28-12-13-29-25)24-16-19(3)4-9-23(24)26(30-32)21-10-14-34-15-11-21/h4-9,16,18,21H,10-15,17H2,1-3H3,(H,28,29). The molecule has 0 bridgehead atoms. The number of hydrazone groups is 1. The number of fused-ring (bicyclic) bond motifs is 1. The first kappa shape index (κ1) is 22.6. The molecule has 1 N–H and O–H groups in total. The number of amidine groups is 1. The van der Waals surface area contributed by atoms with Crippen LogP contribution in [0, 0.1) is 12.8 Å². The molecule has 1 saturated heterocycles. The Balaban J connectivity index is 1.57. The lowest BCUT2D eigenvalue weighted by Crippen LogP contribution is -2.41. The van der Waals surface area contributed by atoms with Gasteiger partial charge in [-0.2, -0.15) is 5.10 Å². The number of nitrogens with one attached hydrogen (secondary N) is 1. The van der Waals surface area contributed by atoms with Crippen LogP contribution < -0.4 is 10.2 Å². The Kier molecular flexibility index (Phi) is 6.37. The second-order valence-corrected chi connectivity index (χ2v) is 9.55. The van der Waals surface area contributed by atoms with Gasteiger partial charge in [0.25, 0.3) is 0 Å². The first-order valence-electron chi connectivity index (χ1n) is 12.3. The summed E-state index contributed by atoms with van der Waals surface area (Å²) in [5, 5.41) is 9.96. The number of carbonyl (C=O) groups excluding carboxylic acids is 1. The zero-order valence-electron chi connectivity index (χ0n) is 20.3. The molecule has 0 aliphatic carbocycles. The summed E-state index contributed by atoms with van der Waals surface area (Å²) < 4.78 is 5.61. The molecule has 0 radical (unpaired) electrons. The average molecular weight is 460 g/mol. The van der Waals surface area contributed by atoms with Crippen molar-refractivity contribution in [2.45, 2.75) is 46.1 Å². The summed E-state index contributed by atoms with van der Waals surface area (Å²) in [5.41, 5.74) is 6.04. The molecule has 0 aromatic heterocycles. The molecule has 3 aliphatic rings. The zero-order chi connectivity index (χ0) is 23.7. The second-order valence-electron chi connectivity index (χ2n) is 9.55. The molecule has 34 heavy (non-hydrogen) atoms. The summed E-state index contributed by atoms with van der Waals surface area (Å²) in [6.07, 6.45) is 2.61. The Morgan fingerprint density at radius 2 is 1.88 bits per heavy atom. The van der Waals surface area contributed by atoms with Gasteiger partial charge in [-0.3, -0.25) is 9.89 Å². The van der Waals surface area contributed by atoms with E-state index in [0.717, 1.165) is 79.6 Å². The fourth-order valence-corrected chi connectivity index (χ4v) is 4.84. The summed E-state index contributed by atoms with van der Waals surface area (Å²) in [6, 6.07) is 14.4. The van der Waals surface area contributed by atoms with Crippen molar-refractivity contribution >= 4 is 29.0 Å². The van der Waals surface area contributed by atoms with Gasteiger partial charge in [0.05, 0.1) is 29.7 Å². The van der Waals surface area contributed by atoms with E-state index in [9.17, 15) is 4.79 Å². The number of benzene rings is 2. The maximum absolute atomic E-state index is 13.9. The quantitative estimate of drug-likeness (QED) is 0.708. The molecule has 2 aromatic rings. The van der Waals surface area contributed by atoms with Crippen LogP contribution in [0.25, 0.3) is 0 Å². The average Bonchev–Trinajstić information content (AvgIpc) is 3.31. The predicted octanol–water partition coefficient (Wildman–Crippen LogP) is 4.65. The van der Waals surface area contributed by atoms with Gasteiger partial charge < -0.3 is 10.1 Å². The van der Waals surface area contributed by atoms with E-state index >= 15 is 0 Å². The third-order valence-electron chi connectivity index (χ3n) is 6.68. The highest BCUT2D eigenvalue weighted by Crippen LogP contribution is 2.37. The molecule has 178 valence electrons. The number of hydrogen-bond donors (Lipinski definition) is 1. The van der Waals surface area contributed by atoms with E-state index in [4.69, 9.17) is 9.84 Å². The maximum atomic E-state index is 13.9. The van der Waals surface area contributed by atoms with E-state index < -0.39 is 0 Å². The number of rotatable bonds is 5. The summed E-state index contributed by atoms with van der Waals surface area (Å²) in [5.74, 6) is 1.30. The number of amides is 2. The van der Waals surface area contributed by atoms with E-state index in [2.05, 4.69) is 47.6 Å². The van der Waals surface area contributed by atoms with Crippen molar-refractivity contribution in [2.24, 2.45) is 16.0 Å². The molecule has 1 fully saturated rings. The summed E-state index contributed by atoms with van der Waals surface area (Å²) in [7, 11) is 0. The molecule has 5 rings (SSSR count). The summed E-state index contributed by atoms with van der Waals surface area (Å²) >= 11 is 0. The van der Waals surface area contributed by atoms with Gasteiger partial charge in [0.2, 0.25) is 0 Å². The number of ether oxygens (including phenoxy) is 1. The highest BCUT2D eigenvalue weighted by Gasteiger charge is 2.35. The minimum atomic E-state index is -0.126. The molecule has 0 atom stereocenters. The maximum Gasteiger partial charge on any atom is 0.349 e. The Labute approximate surface area is 201 Å². The van der Waals surface area contributed by atoms with Crippen molar-refractivity contribution in [3.63, 3.8) is 0 Å². The van der Waals surface area contributed by atoms with Crippen molar-refractivity contribution < 1.29 is 9.53 Å². The highest BCUT2D eigenvalue weighted by molar-refractivity contribution is 6.14. The predicted molar refractivity (Wildman–Crippen MR) is 136 cm³/mol. The smallest absolute Gasteiger partial charge is 0.349 e. The minimum Gasteiger partial charge on any atom is -0.381 e. The van der Waals surface area contributed by atoms with Crippen LogP contribution in [0.5, 0.6) is 0 Å². The lowest BCUT2D eigenvalue weighted by atomic mass is 9.88. The minimum absolute atomic E-state index is 0.0639. The van der Waals surface area contributed by atoms with Crippen molar-refractivity contribution in [3.05, 3.63) is 59.2 Å². The molecular formula is C27H33N5O2. The Hall–Kier alpha value is -3.19. The second kappa shape index (κ2) is 9.58. The normalized spacial score (nSPS) is 19.0. The van der Waals surface area contributed by atoms with Gasteiger partial charge >= 0.3 is 6.03 Å². The largest absolute Gasteiger partial charge is 0.381 e. The van der Waals surface area contributed by atoms with E-state index in [1.54, 1.807) is 5.01 Å². The number of urea groups is 1. The fourth-order valence-electron chi connectivity index (χ4n) is 4.84. The Morgan fingerprint density at radius 3 is 2.56 bits per heavy atom. The van der Waals surface area contributed by atoms with Gasteiger partial charge in [-0.25, -0.2) is 9.80 Å². The molecule has 0 saturated carbocycles. The number of nitrogens with zero attached hydrogens (tertiary/aromatic N) is 4. The van der Waals surface area contributed by atoms with Gasteiger partial charge in [0, 0.05) is 37.7 Å².